The summed E-state index contributed by atoms with van der Waals surface area (Å²) in [5, 5.41) is 2.53. The van der Waals surface area contributed by atoms with Crippen molar-refractivity contribution in [3.8, 4) is 5.75 Å². The van der Waals surface area contributed by atoms with Crippen molar-refractivity contribution in [2.24, 2.45) is 0 Å². The highest BCUT2D eigenvalue weighted by atomic mass is 32.1. The fraction of sp³-hybridized carbons (Fsp3) is 0.318. The van der Waals surface area contributed by atoms with Crippen LogP contribution in [0.5, 0.6) is 5.75 Å². The van der Waals surface area contributed by atoms with Crippen molar-refractivity contribution in [1.82, 2.24) is 10.2 Å². The van der Waals surface area contributed by atoms with E-state index in [2.05, 4.69) is 5.32 Å². The minimum absolute atomic E-state index is 0.0593. The molecule has 3 aromatic rings. The Morgan fingerprint density at radius 2 is 2.00 bits per heavy atom. The third kappa shape index (κ3) is 4.52. The van der Waals surface area contributed by atoms with Crippen LogP contribution < -0.4 is 10.1 Å². The molecular weight excluding hydrogens is 432 g/mol. The van der Waals surface area contributed by atoms with Crippen LogP contribution in [0.2, 0.25) is 0 Å². The third-order valence-corrected chi connectivity index (χ3v) is 6.33. The Bertz CT molecular complexity index is 1090. The predicted molar refractivity (Wildman–Crippen MR) is 111 cm³/mol. The molecule has 1 aliphatic heterocycles. The van der Waals surface area contributed by atoms with Crippen molar-refractivity contribution < 1.29 is 27.1 Å². The van der Waals surface area contributed by atoms with Crippen LogP contribution in [0, 0.1) is 0 Å². The summed E-state index contributed by atoms with van der Waals surface area (Å²) < 4.78 is 61.8. The fourth-order valence-electron chi connectivity index (χ4n) is 3.68. The van der Waals surface area contributed by atoms with Crippen LogP contribution in [0.4, 0.5) is 17.6 Å². The molecule has 0 radical (unpaired) electrons. The first-order valence-corrected chi connectivity index (χ1v) is 10.4. The average molecular weight is 452 g/mol. The Kier molecular flexibility index (Phi) is 5.90. The molecule has 0 bridgehead atoms. The van der Waals surface area contributed by atoms with E-state index in [9.17, 15) is 22.4 Å². The van der Waals surface area contributed by atoms with Gasteiger partial charge >= 0.3 is 0 Å². The van der Waals surface area contributed by atoms with Gasteiger partial charge in [0.1, 0.15) is 18.4 Å². The number of hydrogen-bond donors (Lipinski definition) is 1. The average Bonchev–Trinajstić information content (AvgIpc) is 3.23. The van der Waals surface area contributed by atoms with Gasteiger partial charge < -0.3 is 10.1 Å². The van der Waals surface area contributed by atoms with Gasteiger partial charge in [0, 0.05) is 16.6 Å². The molecule has 1 N–H and O–H groups in total. The Morgan fingerprint density at radius 3 is 2.65 bits per heavy atom. The molecule has 164 valence electrons. The lowest BCUT2D eigenvalue weighted by Gasteiger charge is -2.19. The highest BCUT2D eigenvalue weighted by molar-refractivity contribution is 7.19. The number of carbonyl (C=O) groups is 1. The number of ether oxygens (including phenoxy) is 1. The Balaban J connectivity index is 1.64. The van der Waals surface area contributed by atoms with Crippen molar-refractivity contribution in [2.75, 3.05) is 20.1 Å². The van der Waals surface area contributed by atoms with Gasteiger partial charge in [0.15, 0.2) is 0 Å². The zero-order valence-corrected chi connectivity index (χ0v) is 17.4. The fourth-order valence-corrected chi connectivity index (χ4v) is 4.71. The number of likely N-dealkylation sites (N-methyl/N-ethyl adjacent to an activating group) is 1. The highest BCUT2D eigenvalue weighted by Gasteiger charge is 2.48. The summed E-state index contributed by atoms with van der Waals surface area (Å²) in [6.45, 7) is -0.294. The van der Waals surface area contributed by atoms with Gasteiger partial charge in [0.25, 0.3) is 18.3 Å². The second-order valence-electron chi connectivity index (χ2n) is 7.56. The molecule has 1 amide bonds. The standard InChI is InChI=1S/C22H20F4N2O2S/c1-28-10-17(22(25,26)12-28)27-21(29)18-15-9-14(30-11-13-5-3-2-4-6-13)7-8-16(15)31-19(18)20(23)24/h2-9,17,20H,10-12H2,1H3,(H,27,29). The summed E-state index contributed by atoms with van der Waals surface area (Å²) in [4.78, 5) is 13.8. The van der Waals surface area contributed by atoms with E-state index in [1.807, 2.05) is 30.3 Å². The minimum Gasteiger partial charge on any atom is -0.489 e. The lowest BCUT2D eigenvalue weighted by atomic mass is 10.1. The van der Waals surface area contributed by atoms with E-state index in [1.54, 1.807) is 12.1 Å². The summed E-state index contributed by atoms with van der Waals surface area (Å²) in [7, 11) is 1.51. The molecule has 1 aliphatic rings. The van der Waals surface area contributed by atoms with Gasteiger partial charge in [-0.05, 0) is 30.8 Å². The Hall–Kier alpha value is -2.65. The Labute approximate surface area is 180 Å². The summed E-state index contributed by atoms with van der Waals surface area (Å²) in [5.41, 5.74) is 0.650. The molecule has 1 aromatic heterocycles. The maximum Gasteiger partial charge on any atom is 0.281 e. The van der Waals surface area contributed by atoms with Crippen LogP contribution in [0.25, 0.3) is 10.1 Å². The largest absolute Gasteiger partial charge is 0.489 e. The van der Waals surface area contributed by atoms with Gasteiger partial charge in [0.2, 0.25) is 0 Å². The molecule has 31 heavy (non-hydrogen) atoms. The quantitative estimate of drug-likeness (QED) is 0.530. The van der Waals surface area contributed by atoms with E-state index in [4.69, 9.17) is 4.74 Å². The number of amides is 1. The normalized spacial score (nSPS) is 18.6. The van der Waals surface area contributed by atoms with Crippen molar-refractivity contribution in [3.63, 3.8) is 0 Å². The van der Waals surface area contributed by atoms with E-state index < -0.39 is 35.7 Å². The molecule has 9 heteroatoms. The summed E-state index contributed by atoms with van der Waals surface area (Å²) >= 11 is 0.778. The first kappa shape index (κ1) is 21.6. The van der Waals surface area contributed by atoms with E-state index >= 15 is 0 Å². The molecule has 0 spiro atoms. The number of thiophene rings is 1. The zero-order chi connectivity index (χ0) is 22.2. The van der Waals surface area contributed by atoms with E-state index in [0.29, 0.717) is 10.4 Å². The number of carbonyl (C=O) groups excluding carboxylic acids is 1. The van der Waals surface area contributed by atoms with Gasteiger partial charge in [0.05, 0.1) is 17.0 Å². The molecule has 0 aliphatic carbocycles. The van der Waals surface area contributed by atoms with Crippen LogP contribution in [0.15, 0.2) is 48.5 Å². The van der Waals surface area contributed by atoms with E-state index in [1.165, 1.54) is 18.0 Å². The monoisotopic (exact) mass is 452 g/mol. The number of halogens is 4. The number of benzene rings is 2. The van der Waals surface area contributed by atoms with Crippen molar-refractivity contribution in [3.05, 3.63) is 64.5 Å². The second kappa shape index (κ2) is 8.47. The highest BCUT2D eigenvalue weighted by Crippen LogP contribution is 2.39. The molecule has 1 atom stereocenters. The summed E-state index contributed by atoms with van der Waals surface area (Å²) in [6.07, 6.45) is -2.90. The number of nitrogens with one attached hydrogen (secondary N) is 1. The van der Waals surface area contributed by atoms with Gasteiger partial charge in [-0.25, -0.2) is 17.6 Å². The number of likely N-dealkylation sites (tertiary alicyclic amines) is 1. The summed E-state index contributed by atoms with van der Waals surface area (Å²) in [5.74, 6) is -3.66. The molecule has 0 saturated carbocycles. The second-order valence-corrected chi connectivity index (χ2v) is 8.64. The number of alkyl halides is 4. The van der Waals surface area contributed by atoms with E-state index in [0.717, 1.165) is 16.9 Å². The van der Waals surface area contributed by atoms with Crippen LogP contribution in [-0.2, 0) is 6.61 Å². The molecule has 1 saturated heterocycles. The molecule has 2 aromatic carbocycles. The minimum atomic E-state index is -3.13. The molecular formula is C22H20F4N2O2S. The smallest absolute Gasteiger partial charge is 0.281 e. The SMILES string of the molecule is CN1CC(NC(=O)c2c(C(F)F)sc3ccc(OCc4ccccc4)cc23)C(F)(F)C1. The number of fused-ring (bicyclic) bond motifs is 1. The molecule has 4 nitrogen and oxygen atoms in total. The first-order chi connectivity index (χ1) is 14.7. The molecule has 2 heterocycles. The third-order valence-electron chi connectivity index (χ3n) is 5.15. The van der Waals surface area contributed by atoms with Crippen LogP contribution in [0.1, 0.15) is 27.2 Å². The lowest BCUT2D eigenvalue weighted by molar-refractivity contribution is -0.00821. The van der Waals surface area contributed by atoms with Gasteiger partial charge in [-0.3, -0.25) is 9.69 Å². The Morgan fingerprint density at radius 1 is 1.26 bits per heavy atom. The van der Waals surface area contributed by atoms with Crippen molar-refractivity contribution in [2.45, 2.75) is 25.0 Å². The van der Waals surface area contributed by atoms with Crippen LogP contribution in [-0.4, -0.2) is 42.9 Å². The number of nitrogens with zero attached hydrogens (tertiary/aromatic N) is 1. The first-order valence-electron chi connectivity index (χ1n) is 9.63. The van der Waals surface area contributed by atoms with Crippen molar-refractivity contribution >= 4 is 27.3 Å². The van der Waals surface area contributed by atoms with Gasteiger partial charge in [-0.1, -0.05) is 30.3 Å². The topological polar surface area (TPSA) is 41.6 Å². The van der Waals surface area contributed by atoms with E-state index in [-0.39, 0.29) is 24.1 Å². The molecule has 1 unspecified atom stereocenters. The van der Waals surface area contributed by atoms with Crippen LogP contribution >= 0.6 is 11.3 Å². The predicted octanol–water partition coefficient (Wildman–Crippen LogP) is 5.10. The lowest BCUT2D eigenvalue weighted by Crippen LogP contribution is -2.46. The van der Waals surface area contributed by atoms with Crippen LogP contribution in [0.3, 0.4) is 0 Å². The maximum absolute atomic E-state index is 14.1. The molecule has 1 fully saturated rings. The maximum atomic E-state index is 14.1. The number of hydrogen-bond acceptors (Lipinski definition) is 4. The number of rotatable bonds is 6. The summed E-state index contributed by atoms with van der Waals surface area (Å²) in [6, 6.07) is 12.7. The van der Waals surface area contributed by atoms with Gasteiger partial charge in [-0.2, -0.15) is 0 Å². The van der Waals surface area contributed by atoms with Gasteiger partial charge in [-0.15, -0.1) is 11.3 Å². The molecule has 4 rings (SSSR count). The van der Waals surface area contributed by atoms with Crippen molar-refractivity contribution in [1.29, 1.82) is 0 Å². The zero-order valence-electron chi connectivity index (χ0n) is 16.6.